The van der Waals surface area contributed by atoms with Crippen molar-refractivity contribution in [3.05, 3.63) is 71.7 Å². The number of nitrogens with zero attached hydrogens (tertiary/aromatic N) is 3. The van der Waals surface area contributed by atoms with E-state index < -0.39 is 0 Å². The Bertz CT molecular complexity index is 860. The van der Waals surface area contributed by atoms with E-state index in [0.29, 0.717) is 19.6 Å². The normalized spacial score (nSPS) is 13.4. The molecule has 126 valence electrons. The maximum Gasteiger partial charge on any atom is 0.318 e. The summed E-state index contributed by atoms with van der Waals surface area (Å²) in [7, 11) is 0. The molecule has 2 N–H and O–H groups in total. The van der Waals surface area contributed by atoms with Gasteiger partial charge in [0.1, 0.15) is 0 Å². The van der Waals surface area contributed by atoms with Gasteiger partial charge in [0.15, 0.2) is 0 Å². The van der Waals surface area contributed by atoms with E-state index in [1.807, 2.05) is 53.4 Å². The van der Waals surface area contributed by atoms with E-state index in [1.54, 1.807) is 6.20 Å². The Hall–Kier alpha value is -3.15. The monoisotopic (exact) mass is 333 g/mol. The van der Waals surface area contributed by atoms with E-state index in [4.69, 9.17) is 0 Å². The zero-order valence-corrected chi connectivity index (χ0v) is 13.8. The molecule has 3 aromatic rings. The molecule has 25 heavy (non-hydrogen) atoms. The highest BCUT2D eigenvalue weighted by atomic mass is 16.2. The van der Waals surface area contributed by atoms with Crippen LogP contribution in [0.25, 0.3) is 11.3 Å². The van der Waals surface area contributed by atoms with Crippen molar-refractivity contribution in [1.29, 1.82) is 0 Å². The summed E-state index contributed by atoms with van der Waals surface area (Å²) < 4.78 is 0. The molecule has 0 aliphatic carbocycles. The average Bonchev–Trinajstić information content (AvgIpc) is 3.11. The van der Waals surface area contributed by atoms with Crippen LogP contribution < -0.4 is 5.32 Å². The van der Waals surface area contributed by atoms with Crippen molar-refractivity contribution in [3.8, 4) is 11.3 Å². The quantitative estimate of drug-likeness (QED) is 0.774. The number of carbonyl (C=O) groups excluding carboxylic acids is 1. The van der Waals surface area contributed by atoms with E-state index in [2.05, 4.69) is 20.5 Å². The molecule has 1 aliphatic rings. The van der Waals surface area contributed by atoms with Gasteiger partial charge < -0.3 is 10.2 Å². The summed E-state index contributed by atoms with van der Waals surface area (Å²) in [5.41, 5.74) is 5.06. The van der Waals surface area contributed by atoms with Crippen LogP contribution >= 0.6 is 0 Å². The number of urea groups is 1. The summed E-state index contributed by atoms with van der Waals surface area (Å²) in [6.45, 7) is 1.67. The van der Waals surface area contributed by atoms with Gasteiger partial charge in [0, 0.05) is 36.0 Å². The molecule has 1 aromatic carbocycles. The van der Waals surface area contributed by atoms with Gasteiger partial charge >= 0.3 is 6.03 Å². The van der Waals surface area contributed by atoms with Crippen LogP contribution in [0.4, 0.5) is 4.79 Å². The number of hydrogen-bond donors (Lipinski definition) is 2. The molecular weight excluding hydrogens is 314 g/mol. The first-order valence-corrected chi connectivity index (χ1v) is 8.35. The van der Waals surface area contributed by atoms with Crippen LogP contribution in [0.3, 0.4) is 0 Å². The van der Waals surface area contributed by atoms with Gasteiger partial charge in [-0.25, -0.2) is 4.79 Å². The highest BCUT2D eigenvalue weighted by Gasteiger charge is 2.25. The Labute approximate surface area is 145 Å². The first-order chi connectivity index (χ1) is 12.3. The van der Waals surface area contributed by atoms with Gasteiger partial charge in [-0.05, 0) is 12.1 Å². The van der Waals surface area contributed by atoms with Crippen LogP contribution in [0.5, 0.6) is 0 Å². The third kappa shape index (κ3) is 3.24. The van der Waals surface area contributed by atoms with E-state index in [-0.39, 0.29) is 6.03 Å². The summed E-state index contributed by atoms with van der Waals surface area (Å²) in [6.07, 6.45) is 2.51. The molecule has 2 aromatic heterocycles. The molecular formula is C19H19N5O. The molecule has 0 unspecified atom stereocenters. The summed E-state index contributed by atoms with van der Waals surface area (Å²) >= 11 is 0. The van der Waals surface area contributed by atoms with Crippen molar-refractivity contribution in [2.75, 3.05) is 6.54 Å². The minimum absolute atomic E-state index is 0.0727. The number of benzene rings is 1. The van der Waals surface area contributed by atoms with Gasteiger partial charge in [0.2, 0.25) is 0 Å². The van der Waals surface area contributed by atoms with E-state index in [1.165, 1.54) is 0 Å². The van der Waals surface area contributed by atoms with Crippen LogP contribution in [0.15, 0.2) is 54.7 Å². The first-order valence-electron chi connectivity index (χ1n) is 8.35. The van der Waals surface area contributed by atoms with Crippen molar-refractivity contribution < 1.29 is 4.79 Å². The molecule has 4 rings (SSSR count). The molecule has 0 saturated heterocycles. The Morgan fingerprint density at radius 3 is 2.80 bits per heavy atom. The molecule has 6 heteroatoms. The Balaban J connectivity index is 1.47. The minimum Gasteiger partial charge on any atom is -0.332 e. The van der Waals surface area contributed by atoms with Gasteiger partial charge in [0.05, 0.1) is 24.5 Å². The lowest BCUT2D eigenvalue weighted by Gasteiger charge is -2.27. The predicted octanol–water partition coefficient (Wildman–Crippen LogP) is 2.74. The lowest BCUT2D eigenvalue weighted by Crippen LogP contribution is -2.42. The molecule has 0 atom stereocenters. The van der Waals surface area contributed by atoms with Crippen LogP contribution in [-0.4, -0.2) is 32.7 Å². The number of amides is 2. The fourth-order valence-corrected chi connectivity index (χ4v) is 3.08. The van der Waals surface area contributed by atoms with Crippen LogP contribution in [0, 0.1) is 0 Å². The number of carbonyl (C=O) groups is 1. The maximum absolute atomic E-state index is 12.5. The number of nitrogens with one attached hydrogen (secondary N) is 2. The Kier molecular flexibility index (Phi) is 4.16. The summed E-state index contributed by atoms with van der Waals surface area (Å²) in [6, 6.07) is 15.7. The summed E-state index contributed by atoms with van der Waals surface area (Å²) in [4.78, 5) is 18.6. The molecule has 3 heterocycles. The van der Waals surface area contributed by atoms with Crippen molar-refractivity contribution in [2.45, 2.75) is 19.5 Å². The fraction of sp³-hybridized carbons (Fsp3) is 0.211. The topological polar surface area (TPSA) is 73.9 Å². The van der Waals surface area contributed by atoms with Crippen LogP contribution in [0.1, 0.15) is 17.0 Å². The second-order valence-electron chi connectivity index (χ2n) is 6.05. The van der Waals surface area contributed by atoms with Gasteiger partial charge in [0.25, 0.3) is 0 Å². The Morgan fingerprint density at radius 2 is 2.00 bits per heavy atom. The van der Waals surface area contributed by atoms with Gasteiger partial charge in [-0.3, -0.25) is 10.1 Å². The van der Waals surface area contributed by atoms with E-state index in [9.17, 15) is 4.79 Å². The zero-order chi connectivity index (χ0) is 17.1. The largest absolute Gasteiger partial charge is 0.332 e. The highest BCUT2D eigenvalue weighted by Crippen LogP contribution is 2.28. The number of aromatic nitrogens is 3. The Morgan fingerprint density at radius 1 is 1.16 bits per heavy atom. The minimum atomic E-state index is -0.0727. The number of hydrogen-bond acceptors (Lipinski definition) is 3. The third-order valence-corrected chi connectivity index (χ3v) is 4.41. The number of pyridine rings is 1. The number of aromatic amines is 1. The average molecular weight is 333 g/mol. The third-order valence-electron chi connectivity index (χ3n) is 4.41. The first kappa shape index (κ1) is 15.4. The lowest BCUT2D eigenvalue weighted by molar-refractivity contribution is 0.191. The van der Waals surface area contributed by atoms with Crippen molar-refractivity contribution in [2.24, 2.45) is 0 Å². The van der Waals surface area contributed by atoms with E-state index in [0.717, 1.165) is 34.6 Å². The smallest absolute Gasteiger partial charge is 0.318 e. The number of fused-ring (bicyclic) bond motifs is 1. The molecule has 0 fully saturated rings. The highest BCUT2D eigenvalue weighted by molar-refractivity contribution is 5.75. The fourth-order valence-electron chi connectivity index (χ4n) is 3.08. The summed E-state index contributed by atoms with van der Waals surface area (Å²) in [5, 5.41) is 10.5. The van der Waals surface area contributed by atoms with Crippen molar-refractivity contribution >= 4 is 6.03 Å². The zero-order valence-electron chi connectivity index (χ0n) is 13.8. The van der Waals surface area contributed by atoms with Gasteiger partial charge in [-0.15, -0.1) is 0 Å². The molecule has 2 amide bonds. The molecule has 0 radical (unpaired) electrons. The number of rotatable bonds is 3. The molecule has 1 aliphatic heterocycles. The van der Waals surface area contributed by atoms with Gasteiger partial charge in [-0.1, -0.05) is 36.4 Å². The SMILES string of the molecule is O=C(NCc1ccccn1)N1CCc2[nH]nc(-c3ccccc3)c2C1. The molecule has 0 saturated carbocycles. The maximum atomic E-state index is 12.5. The standard InChI is InChI=1S/C19H19N5O/c25-19(21-12-15-8-4-5-10-20-15)24-11-9-17-16(13-24)18(23-22-17)14-6-2-1-3-7-14/h1-8,10H,9,11-13H2,(H,21,25)(H,22,23). The second kappa shape index (κ2) is 6.76. The van der Waals surface area contributed by atoms with Crippen molar-refractivity contribution in [1.82, 2.24) is 25.4 Å². The number of H-pyrrole nitrogens is 1. The molecule has 0 bridgehead atoms. The predicted molar refractivity (Wildman–Crippen MR) is 94.6 cm³/mol. The van der Waals surface area contributed by atoms with E-state index >= 15 is 0 Å². The molecule has 0 spiro atoms. The van der Waals surface area contributed by atoms with Crippen molar-refractivity contribution in [3.63, 3.8) is 0 Å². The van der Waals surface area contributed by atoms with Crippen LogP contribution in [-0.2, 0) is 19.5 Å². The second-order valence-corrected chi connectivity index (χ2v) is 6.05. The van der Waals surface area contributed by atoms with Gasteiger partial charge in [-0.2, -0.15) is 5.10 Å². The molecule has 6 nitrogen and oxygen atoms in total. The lowest BCUT2D eigenvalue weighted by atomic mass is 10.0. The summed E-state index contributed by atoms with van der Waals surface area (Å²) in [5.74, 6) is 0. The van der Waals surface area contributed by atoms with Crippen LogP contribution in [0.2, 0.25) is 0 Å².